The van der Waals surface area contributed by atoms with Gasteiger partial charge in [0.1, 0.15) is 17.9 Å². The van der Waals surface area contributed by atoms with Crippen LogP contribution in [0.1, 0.15) is 29.5 Å². The quantitative estimate of drug-likeness (QED) is 0.534. The first kappa shape index (κ1) is 21.6. The van der Waals surface area contributed by atoms with Crippen LogP contribution in [0.4, 0.5) is 5.69 Å². The van der Waals surface area contributed by atoms with E-state index in [4.69, 9.17) is 9.47 Å². The molecule has 0 aromatic heterocycles. The van der Waals surface area contributed by atoms with Crippen molar-refractivity contribution in [2.24, 2.45) is 11.8 Å². The van der Waals surface area contributed by atoms with E-state index in [2.05, 4.69) is 5.32 Å². The number of ether oxygens (including phenoxy) is 2. The normalized spacial score (nSPS) is 28.0. The molecule has 2 aromatic rings. The Bertz CT molecular complexity index is 1310. The number of carbonyl (C=O) groups is 4. The predicted molar refractivity (Wildman–Crippen MR) is 117 cm³/mol. The number of nitrogens with one attached hydrogen (secondary N) is 1. The molecule has 2 fully saturated rings. The van der Waals surface area contributed by atoms with E-state index in [0.29, 0.717) is 28.3 Å². The average molecular weight is 477 g/mol. The van der Waals surface area contributed by atoms with Gasteiger partial charge in [-0.1, -0.05) is 17.7 Å². The van der Waals surface area contributed by atoms with Gasteiger partial charge in [-0.25, -0.2) is 0 Å². The molecule has 6 rings (SSSR count). The highest BCUT2D eigenvalue weighted by Crippen LogP contribution is 2.50. The number of nitrogens with two attached hydrogens (primary N) is 1. The summed E-state index contributed by atoms with van der Waals surface area (Å²) in [5.41, 5.74) is 1.52. The fourth-order valence-corrected chi connectivity index (χ4v) is 6.06. The predicted octanol–water partition coefficient (Wildman–Crippen LogP) is -0.852. The van der Waals surface area contributed by atoms with Crippen molar-refractivity contribution in [1.29, 1.82) is 0 Å². The van der Waals surface area contributed by atoms with Gasteiger partial charge in [0.05, 0.1) is 12.2 Å². The van der Waals surface area contributed by atoms with Crippen LogP contribution in [0.3, 0.4) is 0 Å². The Balaban J connectivity index is 1.40. The molecule has 10 nitrogen and oxygen atoms in total. The molecule has 10 heteroatoms. The number of nitrogens with zero attached hydrogens (tertiary/aromatic N) is 1. The molecule has 4 aliphatic rings. The minimum absolute atomic E-state index is 0.0207. The SMILES string of the molecule is Cc1ccc2c(c1)[C@@]1([NH2+][C@H](CCC(=O)[O-])[C@H]3C(=O)N(Cc4ccc5c(c4)OCO5)C(=O)[C@H]31)C(=O)N2. The fourth-order valence-electron chi connectivity index (χ4n) is 6.06. The van der Waals surface area contributed by atoms with Crippen molar-refractivity contribution in [3.63, 3.8) is 0 Å². The molecule has 2 aromatic carbocycles. The average Bonchev–Trinajstić information content (AvgIpc) is 3.55. The van der Waals surface area contributed by atoms with Crippen LogP contribution in [0.15, 0.2) is 36.4 Å². The number of fused-ring (bicyclic) bond motifs is 5. The second-order valence-corrected chi connectivity index (χ2v) is 9.57. The van der Waals surface area contributed by atoms with Crippen molar-refractivity contribution in [1.82, 2.24) is 4.90 Å². The van der Waals surface area contributed by atoms with Crippen molar-refractivity contribution in [3.05, 3.63) is 53.1 Å². The van der Waals surface area contributed by atoms with E-state index in [1.165, 1.54) is 4.90 Å². The summed E-state index contributed by atoms with van der Waals surface area (Å²) in [5.74, 6) is -3.08. The molecule has 0 aliphatic carbocycles. The van der Waals surface area contributed by atoms with E-state index in [1.54, 1.807) is 29.6 Å². The first-order chi connectivity index (χ1) is 16.8. The number of quaternary nitrogens is 1. The van der Waals surface area contributed by atoms with Crippen molar-refractivity contribution >= 4 is 29.4 Å². The summed E-state index contributed by atoms with van der Waals surface area (Å²) in [5, 5.41) is 15.8. The third-order valence-corrected chi connectivity index (χ3v) is 7.58. The van der Waals surface area contributed by atoms with Gasteiger partial charge in [0, 0.05) is 18.0 Å². The molecule has 2 saturated heterocycles. The topological polar surface area (TPSA) is 142 Å². The lowest BCUT2D eigenvalue weighted by Gasteiger charge is -2.26. The van der Waals surface area contributed by atoms with Crippen LogP contribution in [0.25, 0.3) is 0 Å². The number of rotatable bonds is 5. The van der Waals surface area contributed by atoms with Crippen LogP contribution < -0.4 is 25.2 Å². The van der Waals surface area contributed by atoms with E-state index < -0.39 is 41.2 Å². The molecule has 3 amide bonds. The second kappa shape index (κ2) is 7.54. The lowest BCUT2D eigenvalue weighted by molar-refractivity contribution is -0.734. The standard InChI is InChI=1S/C25H23N3O7/c1-12-2-4-15-14(8-12)25(24(33)26-15)21-20(16(27-25)5-7-19(29)30)22(31)28(23(21)32)10-13-3-6-17-18(9-13)35-11-34-17/h2-4,6,8-9,16,20-21,27H,5,7,10-11H2,1H3,(H,26,33)(H,29,30)/t16-,20-,21+,25+/m1/s1. The smallest absolute Gasteiger partial charge is 0.291 e. The molecule has 1 spiro atoms. The zero-order valence-electron chi connectivity index (χ0n) is 18.9. The number of aliphatic carboxylic acids is 1. The number of aryl methyl sites for hydroxylation is 1. The molecule has 0 saturated carbocycles. The second-order valence-electron chi connectivity index (χ2n) is 9.57. The molecule has 0 bridgehead atoms. The van der Waals surface area contributed by atoms with Gasteiger partial charge in [0.15, 0.2) is 11.5 Å². The molecule has 35 heavy (non-hydrogen) atoms. The number of likely N-dealkylation sites (tertiary alicyclic amines) is 1. The number of carboxylic acids is 1. The summed E-state index contributed by atoms with van der Waals surface area (Å²) in [4.78, 5) is 53.4. The Kier molecular flexibility index (Phi) is 4.65. The minimum Gasteiger partial charge on any atom is -0.550 e. The highest BCUT2D eigenvalue weighted by Gasteiger charge is 2.74. The summed E-state index contributed by atoms with van der Waals surface area (Å²) in [7, 11) is 0. The number of carboxylic acid groups (broad SMARTS) is 1. The Morgan fingerprint density at radius 1 is 1.14 bits per heavy atom. The first-order valence-corrected chi connectivity index (χ1v) is 11.5. The zero-order chi connectivity index (χ0) is 24.5. The summed E-state index contributed by atoms with van der Waals surface area (Å²) < 4.78 is 10.7. The summed E-state index contributed by atoms with van der Waals surface area (Å²) in [6, 6.07) is 10.2. The molecule has 0 radical (unpaired) electrons. The van der Waals surface area contributed by atoms with Crippen LogP contribution >= 0.6 is 0 Å². The summed E-state index contributed by atoms with van der Waals surface area (Å²) >= 11 is 0. The molecule has 4 atom stereocenters. The molecule has 180 valence electrons. The molecule has 4 heterocycles. The number of hydrogen-bond acceptors (Lipinski definition) is 7. The molecular weight excluding hydrogens is 454 g/mol. The van der Waals surface area contributed by atoms with E-state index >= 15 is 0 Å². The highest BCUT2D eigenvalue weighted by atomic mass is 16.7. The van der Waals surface area contributed by atoms with E-state index in [9.17, 15) is 24.3 Å². The maximum atomic E-state index is 13.8. The Morgan fingerprint density at radius 2 is 1.94 bits per heavy atom. The van der Waals surface area contributed by atoms with Gasteiger partial charge in [0.25, 0.3) is 5.91 Å². The summed E-state index contributed by atoms with van der Waals surface area (Å²) in [6.07, 6.45) is -0.164. The Labute approximate surface area is 200 Å². The number of carbonyl (C=O) groups excluding carboxylic acids is 4. The zero-order valence-corrected chi connectivity index (χ0v) is 18.9. The Morgan fingerprint density at radius 3 is 2.74 bits per heavy atom. The molecular formula is C25H23N3O7. The number of anilines is 1. The van der Waals surface area contributed by atoms with Crippen molar-refractivity contribution in [2.45, 2.75) is 37.9 Å². The third kappa shape index (κ3) is 3.06. The lowest BCUT2D eigenvalue weighted by Crippen LogP contribution is -2.99. The van der Waals surface area contributed by atoms with Crippen LogP contribution in [0, 0.1) is 18.8 Å². The van der Waals surface area contributed by atoms with Gasteiger partial charge in [-0.2, -0.15) is 0 Å². The van der Waals surface area contributed by atoms with Crippen molar-refractivity contribution < 1.29 is 39.1 Å². The monoisotopic (exact) mass is 477 g/mol. The molecule has 3 N–H and O–H groups in total. The van der Waals surface area contributed by atoms with Crippen molar-refractivity contribution in [3.8, 4) is 11.5 Å². The number of hydrogen-bond donors (Lipinski definition) is 2. The van der Waals surface area contributed by atoms with E-state index in [0.717, 1.165) is 5.56 Å². The molecule has 4 aliphatic heterocycles. The van der Waals surface area contributed by atoms with E-state index in [1.807, 2.05) is 19.1 Å². The van der Waals surface area contributed by atoms with Gasteiger partial charge in [0.2, 0.25) is 24.1 Å². The van der Waals surface area contributed by atoms with Crippen LogP contribution in [-0.4, -0.2) is 41.4 Å². The Hall–Kier alpha value is -3.92. The molecule has 0 unspecified atom stereocenters. The van der Waals surface area contributed by atoms with E-state index in [-0.39, 0.29) is 32.1 Å². The maximum absolute atomic E-state index is 13.8. The van der Waals surface area contributed by atoms with Gasteiger partial charge in [-0.3, -0.25) is 19.3 Å². The number of imide groups is 1. The van der Waals surface area contributed by atoms with Gasteiger partial charge in [-0.15, -0.1) is 0 Å². The third-order valence-electron chi connectivity index (χ3n) is 7.58. The first-order valence-electron chi connectivity index (χ1n) is 11.5. The fraction of sp³-hybridized carbons (Fsp3) is 0.360. The van der Waals surface area contributed by atoms with Crippen molar-refractivity contribution in [2.75, 3.05) is 12.1 Å². The lowest BCUT2D eigenvalue weighted by atomic mass is 9.76. The number of benzene rings is 2. The van der Waals surface area contributed by atoms with Gasteiger partial charge < -0.3 is 30.0 Å². The largest absolute Gasteiger partial charge is 0.550 e. The van der Waals surface area contributed by atoms with Crippen LogP contribution in [0.2, 0.25) is 0 Å². The van der Waals surface area contributed by atoms with Crippen LogP contribution in [0.5, 0.6) is 11.5 Å². The highest BCUT2D eigenvalue weighted by molar-refractivity contribution is 6.13. The maximum Gasteiger partial charge on any atom is 0.291 e. The van der Waals surface area contributed by atoms with Crippen LogP contribution in [-0.2, 0) is 31.3 Å². The van der Waals surface area contributed by atoms with Gasteiger partial charge >= 0.3 is 0 Å². The number of amides is 3. The summed E-state index contributed by atoms with van der Waals surface area (Å²) in [6.45, 7) is 2.02. The minimum atomic E-state index is -1.33. The van der Waals surface area contributed by atoms with Gasteiger partial charge in [-0.05, 0) is 43.2 Å².